The van der Waals surface area contributed by atoms with E-state index in [0.717, 1.165) is 50.0 Å². The number of hydrogen-bond donors (Lipinski definition) is 1. The van der Waals surface area contributed by atoms with Crippen molar-refractivity contribution in [2.45, 2.75) is 0 Å². The molecule has 1 fully saturated rings. The number of fused-ring (bicyclic) bond motifs is 1. The predicted molar refractivity (Wildman–Crippen MR) is 87.5 cm³/mol. The number of hydrogen-bond acceptors (Lipinski definition) is 6. The largest absolute Gasteiger partial charge is 0.486 e. The Bertz CT molecular complexity index is 451. The molecule has 0 aromatic heterocycles. The summed E-state index contributed by atoms with van der Waals surface area (Å²) >= 11 is 4.20. The first kappa shape index (κ1) is 14.2. The van der Waals surface area contributed by atoms with Crippen LogP contribution in [0.1, 0.15) is 0 Å². The number of rotatable bonds is 4. The number of piperazine rings is 1. The van der Waals surface area contributed by atoms with Gasteiger partial charge in [0.05, 0.1) is 5.69 Å². The average molecular weight is 312 g/mol. The molecule has 20 heavy (non-hydrogen) atoms. The summed E-state index contributed by atoms with van der Waals surface area (Å²) in [5.41, 5.74) is 1.17. The standard InChI is InChI=1S/C14H20N2O2S2/c19-20-11-8-15-4-6-16(7-5-15)12-2-1-3-13-14(12)18-10-9-17-13/h1-3,19H,4-11H2. The van der Waals surface area contributed by atoms with Crippen molar-refractivity contribution in [1.82, 2.24) is 4.90 Å². The van der Waals surface area contributed by atoms with Crippen LogP contribution in [0.2, 0.25) is 0 Å². The molecule has 1 aromatic carbocycles. The van der Waals surface area contributed by atoms with Crippen LogP contribution in [-0.4, -0.2) is 56.6 Å². The lowest BCUT2D eigenvalue weighted by Crippen LogP contribution is -2.47. The summed E-state index contributed by atoms with van der Waals surface area (Å²) in [5, 5.41) is 0. The molecule has 0 aliphatic carbocycles. The van der Waals surface area contributed by atoms with Gasteiger partial charge in [-0.2, -0.15) is 0 Å². The van der Waals surface area contributed by atoms with Gasteiger partial charge in [-0.3, -0.25) is 4.90 Å². The number of para-hydroxylation sites is 1. The normalized spacial score (nSPS) is 19.1. The molecule has 0 atom stereocenters. The number of nitrogens with zero attached hydrogens (tertiary/aromatic N) is 2. The van der Waals surface area contributed by atoms with E-state index in [1.54, 1.807) is 10.8 Å². The minimum absolute atomic E-state index is 0.642. The van der Waals surface area contributed by atoms with E-state index in [1.807, 2.05) is 12.1 Å². The van der Waals surface area contributed by atoms with Crippen molar-refractivity contribution in [3.05, 3.63) is 18.2 Å². The van der Waals surface area contributed by atoms with Crippen LogP contribution >= 0.6 is 22.5 Å². The Morgan fingerprint density at radius 2 is 1.90 bits per heavy atom. The zero-order valence-corrected chi connectivity index (χ0v) is 13.2. The van der Waals surface area contributed by atoms with Crippen molar-refractivity contribution in [3.8, 4) is 11.5 Å². The van der Waals surface area contributed by atoms with Crippen molar-refractivity contribution in [2.24, 2.45) is 0 Å². The number of benzene rings is 1. The van der Waals surface area contributed by atoms with E-state index in [2.05, 4.69) is 27.5 Å². The lowest BCUT2D eigenvalue weighted by molar-refractivity contribution is 0.171. The molecule has 1 aromatic rings. The Balaban J connectivity index is 1.66. The van der Waals surface area contributed by atoms with Crippen molar-refractivity contribution in [2.75, 3.05) is 56.6 Å². The van der Waals surface area contributed by atoms with Crippen molar-refractivity contribution < 1.29 is 9.47 Å². The fourth-order valence-corrected chi connectivity index (χ4v) is 3.27. The second kappa shape index (κ2) is 6.83. The predicted octanol–water partition coefficient (Wildman–Crippen LogP) is 2.16. The first-order valence-corrected chi connectivity index (χ1v) is 9.04. The highest BCUT2D eigenvalue weighted by atomic mass is 33.1. The topological polar surface area (TPSA) is 24.9 Å². The SMILES string of the molecule is SSCCN1CCN(c2cccc3c2OCCO3)CC1. The zero-order valence-electron chi connectivity index (χ0n) is 11.5. The summed E-state index contributed by atoms with van der Waals surface area (Å²) in [6, 6.07) is 6.16. The van der Waals surface area contributed by atoms with E-state index in [1.165, 1.54) is 5.69 Å². The number of thiol groups is 1. The van der Waals surface area contributed by atoms with Gasteiger partial charge in [-0.25, -0.2) is 0 Å². The first-order valence-electron chi connectivity index (χ1n) is 7.01. The lowest BCUT2D eigenvalue weighted by atomic mass is 10.2. The van der Waals surface area contributed by atoms with Crippen LogP contribution in [0.3, 0.4) is 0 Å². The Kier molecular flexibility index (Phi) is 4.86. The molecule has 4 nitrogen and oxygen atoms in total. The molecule has 110 valence electrons. The first-order chi connectivity index (χ1) is 9.88. The quantitative estimate of drug-likeness (QED) is 0.678. The maximum Gasteiger partial charge on any atom is 0.184 e. The molecule has 0 bridgehead atoms. The van der Waals surface area contributed by atoms with Crippen molar-refractivity contribution in [1.29, 1.82) is 0 Å². The van der Waals surface area contributed by atoms with E-state index in [9.17, 15) is 0 Å². The van der Waals surface area contributed by atoms with Gasteiger partial charge in [0.2, 0.25) is 0 Å². The van der Waals surface area contributed by atoms with Gasteiger partial charge < -0.3 is 14.4 Å². The van der Waals surface area contributed by atoms with E-state index in [-0.39, 0.29) is 0 Å². The fourth-order valence-electron chi connectivity index (χ4n) is 2.69. The molecule has 2 heterocycles. The van der Waals surface area contributed by atoms with Crippen LogP contribution in [0.4, 0.5) is 5.69 Å². The van der Waals surface area contributed by atoms with Gasteiger partial charge in [0.25, 0.3) is 0 Å². The van der Waals surface area contributed by atoms with Gasteiger partial charge in [0, 0.05) is 38.5 Å². The van der Waals surface area contributed by atoms with Crippen LogP contribution < -0.4 is 14.4 Å². The van der Waals surface area contributed by atoms with Gasteiger partial charge in [-0.1, -0.05) is 16.9 Å². The van der Waals surface area contributed by atoms with Gasteiger partial charge >= 0.3 is 0 Å². The summed E-state index contributed by atoms with van der Waals surface area (Å²) in [7, 11) is 1.61. The van der Waals surface area contributed by atoms with E-state index >= 15 is 0 Å². The van der Waals surface area contributed by atoms with Crippen molar-refractivity contribution in [3.63, 3.8) is 0 Å². The molecule has 2 aliphatic rings. The van der Waals surface area contributed by atoms with Crippen molar-refractivity contribution >= 4 is 28.1 Å². The third-order valence-corrected chi connectivity index (χ3v) is 4.67. The van der Waals surface area contributed by atoms with Gasteiger partial charge in [-0.05, 0) is 12.1 Å². The van der Waals surface area contributed by atoms with Gasteiger partial charge in [0.1, 0.15) is 13.2 Å². The van der Waals surface area contributed by atoms with Gasteiger partial charge in [-0.15, -0.1) is 11.7 Å². The summed E-state index contributed by atoms with van der Waals surface area (Å²) in [6.45, 7) is 6.68. The second-order valence-corrected chi connectivity index (χ2v) is 6.40. The van der Waals surface area contributed by atoms with Crippen LogP contribution in [0.5, 0.6) is 11.5 Å². The molecule has 0 spiro atoms. The molecule has 0 amide bonds. The molecular weight excluding hydrogens is 292 g/mol. The van der Waals surface area contributed by atoms with Crippen LogP contribution in [-0.2, 0) is 0 Å². The zero-order chi connectivity index (χ0) is 13.8. The second-order valence-electron chi connectivity index (χ2n) is 4.96. The average Bonchev–Trinajstić information content (AvgIpc) is 2.53. The number of anilines is 1. The monoisotopic (exact) mass is 312 g/mol. The third kappa shape index (κ3) is 3.13. The Morgan fingerprint density at radius 3 is 2.70 bits per heavy atom. The maximum atomic E-state index is 5.81. The fraction of sp³-hybridized carbons (Fsp3) is 0.571. The molecule has 0 saturated carbocycles. The smallest absolute Gasteiger partial charge is 0.184 e. The molecule has 0 unspecified atom stereocenters. The molecule has 2 aliphatic heterocycles. The Morgan fingerprint density at radius 1 is 1.10 bits per heavy atom. The summed E-state index contributed by atoms with van der Waals surface area (Å²) in [5.74, 6) is 2.88. The Hall–Kier alpha value is -0.720. The molecular formula is C14H20N2O2S2. The van der Waals surface area contributed by atoms with E-state index < -0.39 is 0 Å². The van der Waals surface area contributed by atoms with Crippen LogP contribution in [0, 0.1) is 0 Å². The Labute approximate surface area is 129 Å². The molecule has 0 radical (unpaired) electrons. The minimum atomic E-state index is 0.642. The molecule has 1 saturated heterocycles. The van der Waals surface area contributed by atoms with Crippen LogP contribution in [0.25, 0.3) is 0 Å². The lowest BCUT2D eigenvalue weighted by Gasteiger charge is -2.37. The van der Waals surface area contributed by atoms with Gasteiger partial charge in [0.15, 0.2) is 11.5 Å². The van der Waals surface area contributed by atoms with Crippen LogP contribution in [0.15, 0.2) is 18.2 Å². The third-order valence-electron chi connectivity index (χ3n) is 3.76. The number of ether oxygens (including phenoxy) is 2. The summed E-state index contributed by atoms with van der Waals surface area (Å²) in [6.07, 6.45) is 0. The molecule has 3 rings (SSSR count). The maximum absolute atomic E-state index is 5.81. The summed E-state index contributed by atoms with van der Waals surface area (Å²) in [4.78, 5) is 4.89. The molecule has 6 heteroatoms. The highest BCUT2D eigenvalue weighted by molar-refractivity contribution is 8.68. The van der Waals surface area contributed by atoms with E-state index in [0.29, 0.717) is 13.2 Å². The molecule has 0 N–H and O–H groups in total. The highest BCUT2D eigenvalue weighted by Crippen LogP contribution is 2.39. The summed E-state index contributed by atoms with van der Waals surface area (Å²) < 4.78 is 11.5. The highest BCUT2D eigenvalue weighted by Gasteiger charge is 2.23. The minimum Gasteiger partial charge on any atom is -0.486 e. The van der Waals surface area contributed by atoms with E-state index in [4.69, 9.17) is 9.47 Å².